The number of carbonyl (C=O) groups is 1. The van der Waals surface area contributed by atoms with Gasteiger partial charge in [-0.1, -0.05) is 18.2 Å². The zero-order chi connectivity index (χ0) is 19.1. The average molecular weight is 369 g/mol. The van der Waals surface area contributed by atoms with E-state index >= 15 is 0 Å². The monoisotopic (exact) mass is 369 g/mol. The van der Waals surface area contributed by atoms with Crippen molar-refractivity contribution in [2.75, 3.05) is 36.4 Å². The fraction of sp³-hybridized carbons (Fsp3) is 0.350. The Morgan fingerprint density at radius 3 is 2.78 bits per heavy atom. The molecular formula is C20H24FN5O. The van der Waals surface area contributed by atoms with Crippen LogP contribution < -0.4 is 15.5 Å². The summed E-state index contributed by atoms with van der Waals surface area (Å²) < 4.78 is 13.5. The van der Waals surface area contributed by atoms with Crippen LogP contribution in [-0.4, -0.2) is 42.1 Å². The zero-order valence-electron chi connectivity index (χ0n) is 15.4. The highest BCUT2D eigenvalue weighted by molar-refractivity contribution is 5.91. The van der Waals surface area contributed by atoms with E-state index in [1.165, 1.54) is 31.1 Å². The summed E-state index contributed by atoms with van der Waals surface area (Å²) in [7, 11) is 0. The Balaban J connectivity index is 1.46. The highest BCUT2D eigenvalue weighted by atomic mass is 19.1. The quantitative estimate of drug-likeness (QED) is 0.580. The van der Waals surface area contributed by atoms with Crippen molar-refractivity contribution < 1.29 is 9.18 Å². The second-order valence-corrected chi connectivity index (χ2v) is 6.46. The Kier molecular flexibility index (Phi) is 6.35. The standard InChI is InChI=1S/C20H24FN5O/c1-15-14-18(26-12-4-5-13-26)25-20(24-15)23-11-10-22-19(27)9-8-16-6-2-3-7-17(16)21/h2-3,6-9,14H,4-5,10-13H2,1H3,(H,22,27)(H,23,24,25)/b9-8+. The first-order valence-corrected chi connectivity index (χ1v) is 9.17. The summed E-state index contributed by atoms with van der Waals surface area (Å²) in [5.74, 6) is 0.879. The molecule has 1 aromatic heterocycles. The van der Waals surface area contributed by atoms with Gasteiger partial charge in [-0.2, -0.15) is 4.98 Å². The normalized spacial score (nSPS) is 13.9. The number of hydrogen-bond acceptors (Lipinski definition) is 5. The van der Waals surface area contributed by atoms with Crippen molar-refractivity contribution in [2.24, 2.45) is 0 Å². The molecule has 2 N–H and O–H groups in total. The minimum absolute atomic E-state index is 0.275. The van der Waals surface area contributed by atoms with Gasteiger partial charge < -0.3 is 15.5 Å². The molecule has 0 bridgehead atoms. The second-order valence-electron chi connectivity index (χ2n) is 6.46. The predicted octanol–water partition coefficient (Wildman–Crippen LogP) is 2.77. The van der Waals surface area contributed by atoms with Gasteiger partial charge in [0.2, 0.25) is 11.9 Å². The molecule has 0 unspecified atom stereocenters. The summed E-state index contributed by atoms with van der Waals surface area (Å²) in [6.45, 7) is 4.92. The van der Waals surface area contributed by atoms with Crippen molar-refractivity contribution in [3.8, 4) is 0 Å². The number of hydrogen-bond donors (Lipinski definition) is 2. The lowest BCUT2D eigenvalue weighted by atomic mass is 10.2. The largest absolute Gasteiger partial charge is 0.356 e. The number of nitrogens with one attached hydrogen (secondary N) is 2. The lowest BCUT2D eigenvalue weighted by Crippen LogP contribution is -2.27. The van der Waals surface area contributed by atoms with Crippen LogP contribution in [0, 0.1) is 12.7 Å². The van der Waals surface area contributed by atoms with Crippen molar-refractivity contribution in [1.29, 1.82) is 0 Å². The molecule has 0 aliphatic carbocycles. The third-order valence-corrected chi connectivity index (χ3v) is 4.30. The summed E-state index contributed by atoms with van der Waals surface area (Å²) in [6.07, 6.45) is 5.17. The molecular weight excluding hydrogens is 345 g/mol. The molecule has 0 saturated carbocycles. The molecule has 1 aliphatic heterocycles. The first kappa shape index (κ1) is 18.8. The number of anilines is 2. The molecule has 1 fully saturated rings. The highest BCUT2D eigenvalue weighted by Crippen LogP contribution is 2.19. The Bertz CT molecular complexity index is 818. The lowest BCUT2D eigenvalue weighted by Gasteiger charge is -2.17. The zero-order valence-corrected chi connectivity index (χ0v) is 15.4. The van der Waals surface area contributed by atoms with Gasteiger partial charge in [0.15, 0.2) is 0 Å². The molecule has 6 nitrogen and oxygen atoms in total. The van der Waals surface area contributed by atoms with Crippen molar-refractivity contribution in [3.63, 3.8) is 0 Å². The lowest BCUT2D eigenvalue weighted by molar-refractivity contribution is -0.116. The molecule has 0 spiro atoms. The fourth-order valence-corrected chi connectivity index (χ4v) is 2.93. The molecule has 7 heteroatoms. The van der Waals surface area contributed by atoms with Crippen LogP contribution in [0.1, 0.15) is 24.1 Å². The molecule has 0 atom stereocenters. The predicted molar refractivity (Wildman–Crippen MR) is 105 cm³/mol. The Morgan fingerprint density at radius 2 is 2.00 bits per heavy atom. The molecule has 0 radical (unpaired) electrons. The van der Waals surface area contributed by atoms with Gasteiger partial charge in [0, 0.05) is 49.6 Å². The van der Waals surface area contributed by atoms with Gasteiger partial charge in [0.05, 0.1) is 0 Å². The van der Waals surface area contributed by atoms with Crippen LogP contribution in [0.15, 0.2) is 36.4 Å². The van der Waals surface area contributed by atoms with Crippen molar-refractivity contribution in [2.45, 2.75) is 19.8 Å². The summed E-state index contributed by atoms with van der Waals surface area (Å²) in [6, 6.07) is 8.31. The molecule has 3 rings (SSSR count). The Hall–Kier alpha value is -2.96. The van der Waals surface area contributed by atoms with Gasteiger partial charge in [-0.3, -0.25) is 4.79 Å². The molecule has 2 aromatic rings. The minimum atomic E-state index is -0.353. The molecule has 1 saturated heterocycles. The second kappa shape index (κ2) is 9.12. The average Bonchev–Trinajstić information content (AvgIpc) is 3.19. The molecule has 1 aliphatic rings. The minimum Gasteiger partial charge on any atom is -0.356 e. The summed E-state index contributed by atoms with van der Waals surface area (Å²) >= 11 is 0. The van der Waals surface area contributed by atoms with E-state index in [9.17, 15) is 9.18 Å². The number of halogens is 1. The van der Waals surface area contributed by atoms with Crippen molar-refractivity contribution >= 4 is 23.7 Å². The van der Waals surface area contributed by atoms with Crippen LogP contribution in [-0.2, 0) is 4.79 Å². The number of rotatable bonds is 7. The smallest absolute Gasteiger partial charge is 0.244 e. The molecule has 1 aromatic carbocycles. The first-order chi connectivity index (χ1) is 13.1. The van der Waals surface area contributed by atoms with E-state index in [2.05, 4.69) is 25.5 Å². The summed E-state index contributed by atoms with van der Waals surface area (Å²) in [4.78, 5) is 23.0. The van der Waals surface area contributed by atoms with Crippen molar-refractivity contribution in [3.05, 3.63) is 53.5 Å². The molecule has 27 heavy (non-hydrogen) atoms. The van der Waals surface area contributed by atoms with E-state index in [0.29, 0.717) is 24.6 Å². The maximum absolute atomic E-state index is 13.5. The van der Waals surface area contributed by atoms with Crippen LogP contribution in [0.3, 0.4) is 0 Å². The molecule has 142 valence electrons. The number of benzene rings is 1. The number of aryl methyl sites for hydroxylation is 1. The van der Waals surface area contributed by atoms with Gasteiger partial charge in [-0.25, -0.2) is 9.37 Å². The number of aromatic nitrogens is 2. The van der Waals surface area contributed by atoms with Crippen LogP contribution in [0.4, 0.5) is 16.2 Å². The third-order valence-electron chi connectivity index (χ3n) is 4.30. The van der Waals surface area contributed by atoms with Crippen LogP contribution in [0.25, 0.3) is 6.08 Å². The van der Waals surface area contributed by atoms with Gasteiger partial charge >= 0.3 is 0 Å². The van der Waals surface area contributed by atoms with E-state index in [0.717, 1.165) is 24.6 Å². The summed E-state index contributed by atoms with van der Waals surface area (Å²) in [5.41, 5.74) is 1.29. The van der Waals surface area contributed by atoms with Gasteiger partial charge in [-0.15, -0.1) is 0 Å². The highest BCUT2D eigenvalue weighted by Gasteiger charge is 2.14. The van der Waals surface area contributed by atoms with Crippen LogP contribution >= 0.6 is 0 Å². The van der Waals surface area contributed by atoms with E-state index in [4.69, 9.17) is 0 Å². The molecule has 1 amide bonds. The van der Waals surface area contributed by atoms with Crippen LogP contribution in [0.2, 0.25) is 0 Å². The Morgan fingerprint density at radius 1 is 1.22 bits per heavy atom. The third kappa shape index (κ3) is 5.51. The topological polar surface area (TPSA) is 70.2 Å². The number of amides is 1. The summed E-state index contributed by atoms with van der Waals surface area (Å²) in [5, 5.41) is 5.89. The van der Waals surface area contributed by atoms with E-state index in [1.807, 2.05) is 13.0 Å². The van der Waals surface area contributed by atoms with E-state index in [-0.39, 0.29) is 11.7 Å². The Labute approximate surface area is 158 Å². The molecule has 2 heterocycles. The number of carbonyl (C=O) groups excluding carboxylic acids is 1. The number of nitrogens with zero attached hydrogens (tertiary/aromatic N) is 3. The van der Waals surface area contributed by atoms with E-state index in [1.54, 1.807) is 18.2 Å². The maximum Gasteiger partial charge on any atom is 0.244 e. The van der Waals surface area contributed by atoms with Gasteiger partial charge in [-0.05, 0) is 31.9 Å². The maximum atomic E-state index is 13.5. The van der Waals surface area contributed by atoms with Gasteiger partial charge in [0.25, 0.3) is 0 Å². The fourth-order valence-electron chi connectivity index (χ4n) is 2.93. The van der Waals surface area contributed by atoms with Gasteiger partial charge in [0.1, 0.15) is 11.6 Å². The SMILES string of the molecule is Cc1cc(N2CCCC2)nc(NCCNC(=O)/C=C/c2ccccc2F)n1. The van der Waals surface area contributed by atoms with E-state index < -0.39 is 0 Å². The van der Waals surface area contributed by atoms with Crippen LogP contribution in [0.5, 0.6) is 0 Å². The van der Waals surface area contributed by atoms with Crippen molar-refractivity contribution in [1.82, 2.24) is 15.3 Å². The first-order valence-electron chi connectivity index (χ1n) is 9.17.